The van der Waals surface area contributed by atoms with Gasteiger partial charge in [0.25, 0.3) is 5.91 Å². The second-order valence-corrected chi connectivity index (χ2v) is 7.46. The van der Waals surface area contributed by atoms with E-state index in [0.717, 1.165) is 6.42 Å². The Bertz CT molecular complexity index is 561. The van der Waals surface area contributed by atoms with Gasteiger partial charge in [-0.05, 0) is 36.6 Å². The molecule has 126 valence electrons. The number of esters is 1. The molecule has 23 heavy (non-hydrogen) atoms. The number of thioether (sulfide) groups is 1. The van der Waals surface area contributed by atoms with Crippen LogP contribution in [0.15, 0.2) is 24.3 Å². The van der Waals surface area contributed by atoms with Crippen molar-refractivity contribution in [1.29, 1.82) is 0 Å². The third kappa shape index (κ3) is 4.21. The number of nitrogens with zero attached hydrogens (tertiary/aromatic N) is 1. The van der Waals surface area contributed by atoms with Crippen LogP contribution in [0.5, 0.6) is 0 Å². The molecule has 1 amide bonds. The van der Waals surface area contributed by atoms with Gasteiger partial charge in [-0.3, -0.25) is 4.79 Å². The maximum Gasteiger partial charge on any atom is 0.329 e. The van der Waals surface area contributed by atoms with Gasteiger partial charge in [0.1, 0.15) is 6.04 Å². The topological polar surface area (TPSA) is 46.6 Å². The van der Waals surface area contributed by atoms with Gasteiger partial charge in [-0.15, -0.1) is 11.8 Å². The fraction of sp³-hybridized carbons (Fsp3) is 0.529. The zero-order chi connectivity index (χ0) is 17.0. The van der Waals surface area contributed by atoms with Crippen LogP contribution in [0.2, 0.25) is 5.02 Å². The minimum absolute atomic E-state index is 0.0302. The van der Waals surface area contributed by atoms with Gasteiger partial charge in [0.05, 0.1) is 12.0 Å². The third-order valence-electron chi connectivity index (χ3n) is 3.65. The van der Waals surface area contributed by atoms with E-state index < -0.39 is 6.04 Å². The lowest BCUT2D eigenvalue weighted by molar-refractivity contribution is -0.148. The van der Waals surface area contributed by atoms with Crippen LogP contribution in [0.1, 0.15) is 37.6 Å². The van der Waals surface area contributed by atoms with Crippen LogP contribution in [0.4, 0.5) is 0 Å². The molecule has 1 aliphatic heterocycles. The summed E-state index contributed by atoms with van der Waals surface area (Å²) in [4.78, 5) is 26.9. The summed E-state index contributed by atoms with van der Waals surface area (Å²) in [6.45, 7) is 6.44. The van der Waals surface area contributed by atoms with E-state index in [2.05, 4.69) is 13.8 Å². The van der Waals surface area contributed by atoms with Crippen LogP contribution in [0.3, 0.4) is 0 Å². The molecule has 0 spiro atoms. The SMILES string of the molecule is CCCOC(=O)[C@H]1CS[C@H](C(C)C)N1C(=O)c1ccc(Cl)cc1. The Balaban J connectivity index is 2.25. The van der Waals surface area contributed by atoms with Crippen molar-refractivity contribution in [3.05, 3.63) is 34.9 Å². The van der Waals surface area contributed by atoms with Crippen LogP contribution in [-0.2, 0) is 9.53 Å². The average molecular weight is 356 g/mol. The van der Waals surface area contributed by atoms with Gasteiger partial charge >= 0.3 is 5.97 Å². The molecule has 1 saturated heterocycles. The summed E-state index contributed by atoms with van der Waals surface area (Å²) >= 11 is 7.52. The summed E-state index contributed by atoms with van der Waals surface area (Å²) in [5.74, 6) is 0.360. The molecule has 1 fully saturated rings. The molecule has 4 nitrogen and oxygen atoms in total. The molecule has 0 unspecified atom stereocenters. The first-order valence-corrected chi connectivity index (χ1v) is 9.24. The molecule has 0 N–H and O–H groups in total. The second-order valence-electron chi connectivity index (χ2n) is 5.87. The van der Waals surface area contributed by atoms with Crippen molar-refractivity contribution in [2.24, 2.45) is 5.92 Å². The first kappa shape index (κ1) is 18.1. The Morgan fingerprint density at radius 1 is 1.35 bits per heavy atom. The number of carbonyl (C=O) groups excluding carboxylic acids is 2. The van der Waals surface area contributed by atoms with Crippen LogP contribution < -0.4 is 0 Å². The third-order valence-corrected chi connectivity index (χ3v) is 5.52. The lowest BCUT2D eigenvalue weighted by Crippen LogP contribution is -2.47. The monoisotopic (exact) mass is 355 g/mol. The Hall–Kier alpha value is -1.20. The molecule has 2 rings (SSSR count). The number of hydrogen-bond acceptors (Lipinski definition) is 4. The highest BCUT2D eigenvalue weighted by atomic mass is 35.5. The Labute approximate surface area is 146 Å². The van der Waals surface area contributed by atoms with Gasteiger partial charge in [0, 0.05) is 16.3 Å². The van der Waals surface area contributed by atoms with Crippen molar-refractivity contribution in [3.63, 3.8) is 0 Å². The first-order valence-electron chi connectivity index (χ1n) is 7.82. The predicted octanol–water partition coefficient (Wildman–Crippen LogP) is 3.83. The smallest absolute Gasteiger partial charge is 0.329 e. The van der Waals surface area contributed by atoms with E-state index in [9.17, 15) is 9.59 Å². The Kier molecular flexibility index (Phi) is 6.36. The van der Waals surface area contributed by atoms with E-state index in [-0.39, 0.29) is 23.2 Å². The van der Waals surface area contributed by atoms with Gasteiger partial charge in [0.2, 0.25) is 0 Å². The second kappa shape index (κ2) is 8.06. The maximum atomic E-state index is 12.9. The van der Waals surface area contributed by atoms with E-state index in [4.69, 9.17) is 16.3 Å². The molecule has 1 aromatic carbocycles. The standard InChI is InChI=1S/C17H22ClNO3S/c1-4-9-22-17(21)14-10-23-16(11(2)3)19(14)15(20)12-5-7-13(18)8-6-12/h5-8,11,14,16H,4,9-10H2,1-3H3/t14-,16-/m1/s1. The number of ether oxygens (including phenoxy) is 1. The molecule has 1 aliphatic rings. The molecule has 1 heterocycles. The molecule has 0 aromatic heterocycles. The Morgan fingerprint density at radius 2 is 2.00 bits per heavy atom. The minimum atomic E-state index is -0.526. The number of amides is 1. The summed E-state index contributed by atoms with van der Waals surface area (Å²) < 4.78 is 5.27. The number of hydrogen-bond donors (Lipinski definition) is 0. The predicted molar refractivity (Wildman–Crippen MR) is 93.7 cm³/mol. The van der Waals surface area contributed by atoms with E-state index in [1.807, 2.05) is 6.92 Å². The normalized spacial score (nSPS) is 20.8. The summed E-state index contributed by atoms with van der Waals surface area (Å²) in [5, 5.41) is 0.550. The number of benzene rings is 1. The number of halogens is 1. The van der Waals surface area contributed by atoms with E-state index >= 15 is 0 Å². The maximum absolute atomic E-state index is 12.9. The first-order chi connectivity index (χ1) is 11.0. The van der Waals surface area contributed by atoms with Crippen LogP contribution in [0.25, 0.3) is 0 Å². The van der Waals surface area contributed by atoms with Crippen molar-refractivity contribution in [2.75, 3.05) is 12.4 Å². The highest BCUT2D eigenvalue weighted by Crippen LogP contribution is 2.35. The van der Waals surface area contributed by atoms with Gasteiger partial charge in [-0.2, -0.15) is 0 Å². The molecule has 0 radical (unpaired) electrons. The van der Waals surface area contributed by atoms with E-state index in [1.54, 1.807) is 40.9 Å². The van der Waals surface area contributed by atoms with Gasteiger partial charge in [-0.25, -0.2) is 4.79 Å². The average Bonchev–Trinajstić information content (AvgIpc) is 2.97. The lowest BCUT2D eigenvalue weighted by Gasteiger charge is -2.30. The van der Waals surface area contributed by atoms with Crippen LogP contribution in [-0.4, -0.2) is 40.6 Å². The van der Waals surface area contributed by atoms with Crippen molar-refractivity contribution >= 4 is 35.2 Å². The van der Waals surface area contributed by atoms with Crippen LogP contribution in [0, 0.1) is 5.92 Å². The molecular weight excluding hydrogens is 334 g/mol. The molecule has 2 atom stereocenters. The van der Waals surface area contributed by atoms with Crippen molar-refractivity contribution in [1.82, 2.24) is 4.90 Å². The zero-order valence-electron chi connectivity index (χ0n) is 13.6. The largest absolute Gasteiger partial charge is 0.464 e. The summed E-state index contributed by atoms with van der Waals surface area (Å²) in [6, 6.07) is 6.24. The molecular formula is C17H22ClNO3S. The summed E-state index contributed by atoms with van der Waals surface area (Å²) in [5.41, 5.74) is 0.538. The fourth-order valence-electron chi connectivity index (χ4n) is 2.52. The molecule has 6 heteroatoms. The highest BCUT2D eigenvalue weighted by molar-refractivity contribution is 8.00. The number of rotatable bonds is 5. The van der Waals surface area contributed by atoms with Crippen LogP contribution >= 0.6 is 23.4 Å². The fourth-order valence-corrected chi connectivity index (χ4v) is 4.11. The van der Waals surface area contributed by atoms with E-state index in [1.165, 1.54) is 0 Å². The van der Waals surface area contributed by atoms with E-state index in [0.29, 0.717) is 22.9 Å². The highest BCUT2D eigenvalue weighted by Gasteiger charge is 2.43. The lowest BCUT2D eigenvalue weighted by atomic mass is 10.1. The van der Waals surface area contributed by atoms with Gasteiger partial charge in [-0.1, -0.05) is 32.4 Å². The molecule has 0 aliphatic carbocycles. The van der Waals surface area contributed by atoms with Crippen molar-refractivity contribution < 1.29 is 14.3 Å². The van der Waals surface area contributed by atoms with Crippen molar-refractivity contribution in [3.8, 4) is 0 Å². The molecule has 0 bridgehead atoms. The summed E-state index contributed by atoms with van der Waals surface area (Å²) in [6.07, 6.45) is 0.768. The number of carbonyl (C=O) groups is 2. The van der Waals surface area contributed by atoms with Gasteiger partial charge in [0.15, 0.2) is 0 Å². The molecule has 0 saturated carbocycles. The minimum Gasteiger partial charge on any atom is -0.464 e. The van der Waals surface area contributed by atoms with Gasteiger partial charge < -0.3 is 9.64 Å². The summed E-state index contributed by atoms with van der Waals surface area (Å²) in [7, 11) is 0. The molecule has 1 aromatic rings. The van der Waals surface area contributed by atoms with Crippen molar-refractivity contribution in [2.45, 2.75) is 38.6 Å². The Morgan fingerprint density at radius 3 is 2.57 bits per heavy atom. The zero-order valence-corrected chi connectivity index (χ0v) is 15.2. The quantitative estimate of drug-likeness (QED) is 0.753.